The Hall–Kier alpha value is -2.84. The predicted octanol–water partition coefficient (Wildman–Crippen LogP) is 0.365. The van der Waals surface area contributed by atoms with Gasteiger partial charge >= 0.3 is 0 Å². The van der Waals surface area contributed by atoms with Gasteiger partial charge in [0.05, 0.1) is 6.54 Å². The minimum Gasteiger partial charge on any atom is -0.369 e. The van der Waals surface area contributed by atoms with Crippen molar-refractivity contribution in [3.63, 3.8) is 0 Å². The van der Waals surface area contributed by atoms with Gasteiger partial charge in [-0.1, -0.05) is 6.07 Å². The summed E-state index contributed by atoms with van der Waals surface area (Å²) < 4.78 is 0. The first-order chi connectivity index (χ1) is 14.6. The molecule has 2 heterocycles. The molecule has 2 fully saturated rings. The maximum absolute atomic E-state index is 11.7. The normalized spacial score (nSPS) is 17.5. The van der Waals surface area contributed by atoms with E-state index < -0.39 is 0 Å². The summed E-state index contributed by atoms with van der Waals surface area (Å²) in [7, 11) is 0. The zero-order chi connectivity index (χ0) is 21.3. The molecule has 1 aromatic rings. The van der Waals surface area contributed by atoms with Crippen molar-refractivity contribution < 1.29 is 9.59 Å². The van der Waals surface area contributed by atoms with Crippen LogP contribution < -0.4 is 26.6 Å². The van der Waals surface area contributed by atoms with E-state index in [2.05, 4.69) is 30.8 Å². The Kier molecular flexibility index (Phi) is 7.87. The third-order valence-corrected chi connectivity index (χ3v) is 5.48. The molecule has 1 aliphatic heterocycles. The third-order valence-electron chi connectivity index (χ3n) is 5.48. The lowest BCUT2D eigenvalue weighted by atomic mass is 9.96. The summed E-state index contributed by atoms with van der Waals surface area (Å²) in [5.74, 6) is 1.74. The number of carbonyl (C=O) groups is 2. The fourth-order valence-electron chi connectivity index (χ4n) is 3.58. The van der Waals surface area contributed by atoms with E-state index in [1.54, 1.807) is 6.20 Å². The molecule has 1 saturated carbocycles. The highest BCUT2D eigenvalue weighted by molar-refractivity contribution is 5.81. The molecule has 1 aromatic heterocycles. The second-order valence-corrected chi connectivity index (χ2v) is 7.84. The summed E-state index contributed by atoms with van der Waals surface area (Å²) in [6.45, 7) is 5.98. The lowest BCUT2D eigenvalue weighted by molar-refractivity contribution is -0.123. The number of anilines is 1. The second-order valence-electron chi connectivity index (χ2n) is 7.84. The number of hydrogen-bond acceptors (Lipinski definition) is 5. The number of nitrogens with zero attached hydrogens (tertiary/aromatic N) is 3. The van der Waals surface area contributed by atoms with Crippen LogP contribution in [-0.4, -0.2) is 55.5 Å². The van der Waals surface area contributed by atoms with Gasteiger partial charge in [0.2, 0.25) is 11.8 Å². The maximum atomic E-state index is 11.7. The lowest BCUT2D eigenvalue weighted by Gasteiger charge is -2.32. The van der Waals surface area contributed by atoms with Crippen molar-refractivity contribution in [2.75, 3.05) is 37.6 Å². The van der Waals surface area contributed by atoms with E-state index in [9.17, 15) is 9.59 Å². The Morgan fingerprint density at radius 3 is 2.53 bits per heavy atom. The summed E-state index contributed by atoms with van der Waals surface area (Å²) in [5, 5.41) is 9.44. The predicted molar refractivity (Wildman–Crippen MR) is 117 cm³/mol. The molecule has 3 rings (SSSR count). The molecule has 0 radical (unpaired) electrons. The van der Waals surface area contributed by atoms with E-state index >= 15 is 0 Å². The molecule has 1 saturated heterocycles. The van der Waals surface area contributed by atoms with Crippen molar-refractivity contribution in [3.8, 4) is 0 Å². The molecule has 2 aliphatic rings. The summed E-state index contributed by atoms with van der Waals surface area (Å²) >= 11 is 0. The Labute approximate surface area is 177 Å². The molecule has 0 aromatic carbocycles. The van der Waals surface area contributed by atoms with Crippen LogP contribution in [0.2, 0.25) is 0 Å². The van der Waals surface area contributed by atoms with E-state index in [0.717, 1.165) is 56.7 Å². The molecule has 9 nitrogen and oxygen atoms in total. The van der Waals surface area contributed by atoms with Crippen LogP contribution in [0.5, 0.6) is 0 Å². The molecular formula is C21H33N7O2. The maximum Gasteiger partial charge on any atom is 0.223 e. The van der Waals surface area contributed by atoms with Crippen molar-refractivity contribution in [3.05, 3.63) is 23.9 Å². The molecule has 9 heteroatoms. The van der Waals surface area contributed by atoms with Gasteiger partial charge in [0, 0.05) is 56.3 Å². The Bertz CT molecular complexity index is 755. The second kappa shape index (κ2) is 10.8. The van der Waals surface area contributed by atoms with Crippen LogP contribution in [0.15, 0.2) is 23.3 Å². The van der Waals surface area contributed by atoms with Crippen LogP contribution in [-0.2, 0) is 16.1 Å². The highest BCUT2D eigenvalue weighted by Crippen LogP contribution is 2.28. The van der Waals surface area contributed by atoms with Crippen molar-refractivity contribution in [2.24, 2.45) is 22.6 Å². The number of pyridine rings is 1. The minimum absolute atomic E-state index is 0.0450. The zero-order valence-corrected chi connectivity index (χ0v) is 17.7. The van der Waals surface area contributed by atoms with Gasteiger partial charge in [-0.3, -0.25) is 9.59 Å². The molecule has 0 spiro atoms. The average Bonchev–Trinajstić information content (AvgIpc) is 3.60. The van der Waals surface area contributed by atoms with Crippen LogP contribution in [0.25, 0.3) is 0 Å². The summed E-state index contributed by atoms with van der Waals surface area (Å²) in [6, 6.07) is 3.95. The average molecular weight is 416 g/mol. The van der Waals surface area contributed by atoms with E-state index in [1.807, 2.05) is 19.1 Å². The van der Waals surface area contributed by atoms with Gasteiger partial charge in [-0.2, -0.15) is 0 Å². The quantitative estimate of drug-likeness (QED) is 0.262. The van der Waals surface area contributed by atoms with Crippen LogP contribution in [0.1, 0.15) is 38.2 Å². The van der Waals surface area contributed by atoms with Crippen molar-refractivity contribution in [1.29, 1.82) is 0 Å². The summed E-state index contributed by atoms with van der Waals surface area (Å²) in [5.41, 5.74) is 6.48. The molecule has 5 N–H and O–H groups in total. The minimum atomic E-state index is -0.213. The topological polar surface area (TPSA) is 125 Å². The first kappa shape index (κ1) is 21.9. The number of amides is 2. The fraction of sp³-hybridized carbons (Fsp3) is 0.619. The molecular weight excluding hydrogens is 382 g/mol. The van der Waals surface area contributed by atoms with Gasteiger partial charge in [-0.15, -0.1) is 0 Å². The molecule has 0 unspecified atom stereocenters. The van der Waals surface area contributed by atoms with Crippen LogP contribution in [0.4, 0.5) is 5.82 Å². The first-order valence-electron chi connectivity index (χ1n) is 10.9. The number of aliphatic imine (C=N–C) groups is 1. The molecule has 30 heavy (non-hydrogen) atoms. The van der Waals surface area contributed by atoms with Gasteiger partial charge in [-0.25, -0.2) is 9.98 Å². The molecule has 164 valence electrons. The monoisotopic (exact) mass is 415 g/mol. The van der Waals surface area contributed by atoms with E-state index in [1.165, 1.54) is 0 Å². The molecule has 0 bridgehead atoms. The Morgan fingerprint density at radius 2 is 1.87 bits per heavy atom. The SMILES string of the molecule is CCNC(=NCc1cccnc1N1CCC(C(N)=O)CC1)NCCNC(=O)C1CC1. The van der Waals surface area contributed by atoms with Crippen LogP contribution >= 0.6 is 0 Å². The zero-order valence-electron chi connectivity index (χ0n) is 17.7. The number of piperidine rings is 1. The van der Waals surface area contributed by atoms with Crippen LogP contribution in [0.3, 0.4) is 0 Å². The number of hydrogen-bond donors (Lipinski definition) is 4. The van der Waals surface area contributed by atoms with Gasteiger partial charge in [0.25, 0.3) is 0 Å². The number of nitrogens with one attached hydrogen (secondary N) is 3. The number of guanidine groups is 1. The molecule has 1 aliphatic carbocycles. The number of aromatic nitrogens is 1. The number of carbonyl (C=O) groups excluding carboxylic acids is 2. The number of rotatable bonds is 9. The Balaban J connectivity index is 1.54. The van der Waals surface area contributed by atoms with Gasteiger partial charge in [0.15, 0.2) is 5.96 Å². The first-order valence-corrected chi connectivity index (χ1v) is 10.9. The Morgan fingerprint density at radius 1 is 1.13 bits per heavy atom. The van der Waals surface area contributed by atoms with Gasteiger partial charge < -0.3 is 26.6 Å². The van der Waals surface area contributed by atoms with E-state index in [0.29, 0.717) is 25.6 Å². The fourth-order valence-corrected chi connectivity index (χ4v) is 3.58. The lowest BCUT2D eigenvalue weighted by Crippen LogP contribution is -2.41. The number of nitrogens with two attached hydrogens (primary N) is 1. The number of primary amides is 1. The van der Waals surface area contributed by atoms with Crippen molar-refractivity contribution in [1.82, 2.24) is 20.9 Å². The summed E-state index contributed by atoms with van der Waals surface area (Å²) in [4.78, 5) is 34.6. The van der Waals surface area contributed by atoms with Gasteiger partial charge in [-0.05, 0) is 38.7 Å². The van der Waals surface area contributed by atoms with Gasteiger partial charge in [0.1, 0.15) is 5.82 Å². The van der Waals surface area contributed by atoms with Crippen molar-refractivity contribution in [2.45, 2.75) is 39.2 Å². The standard InChI is InChI=1S/C21H33N7O2/c1-2-23-21(26-11-10-25-20(30)16-5-6-16)27-14-17-4-3-9-24-19(17)28-12-7-15(8-13-28)18(22)29/h3-4,9,15-16H,2,5-8,10-14H2,1H3,(H2,22,29)(H,25,30)(H2,23,26,27). The van der Waals surface area contributed by atoms with Crippen LogP contribution in [0, 0.1) is 11.8 Å². The van der Waals surface area contributed by atoms with Crippen molar-refractivity contribution >= 4 is 23.6 Å². The third kappa shape index (κ3) is 6.33. The highest BCUT2D eigenvalue weighted by Gasteiger charge is 2.29. The highest BCUT2D eigenvalue weighted by atomic mass is 16.2. The van der Waals surface area contributed by atoms with E-state index in [-0.39, 0.29) is 23.7 Å². The van der Waals surface area contributed by atoms with E-state index in [4.69, 9.17) is 5.73 Å². The molecule has 0 atom stereocenters. The smallest absolute Gasteiger partial charge is 0.223 e. The summed E-state index contributed by atoms with van der Waals surface area (Å²) in [6.07, 6.45) is 5.32. The molecule has 2 amide bonds. The largest absolute Gasteiger partial charge is 0.369 e.